The van der Waals surface area contributed by atoms with E-state index in [-0.39, 0.29) is 15.0 Å². The van der Waals surface area contributed by atoms with Crippen molar-refractivity contribution in [2.75, 3.05) is 0 Å². The SMILES string of the molecule is FC(F)(F)c1cc2[nH]ncc2c(Cl)c1Br. The van der Waals surface area contributed by atoms with E-state index in [9.17, 15) is 13.2 Å². The molecule has 0 aliphatic carbocycles. The number of fused-ring (bicyclic) bond motifs is 1. The normalized spacial score (nSPS) is 12.3. The van der Waals surface area contributed by atoms with Gasteiger partial charge in [0.05, 0.1) is 22.3 Å². The van der Waals surface area contributed by atoms with Crippen LogP contribution in [0.4, 0.5) is 13.2 Å². The maximum atomic E-state index is 12.5. The number of halogens is 5. The van der Waals surface area contributed by atoms with Crippen LogP contribution in [-0.2, 0) is 6.18 Å². The van der Waals surface area contributed by atoms with Crippen molar-refractivity contribution in [1.29, 1.82) is 0 Å². The molecule has 0 aliphatic rings. The monoisotopic (exact) mass is 298 g/mol. The van der Waals surface area contributed by atoms with Crippen LogP contribution in [0.3, 0.4) is 0 Å². The molecule has 80 valence electrons. The Labute approximate surface area is 95.5 Å². The van der Waals surface area contributed by atoms with E-state index in [0.29, 0.717) is 5.39 Å². The van der Waals surface area contributed by atoms with E-state index >= 15 is 0 Å². The molecule has 0 atom stereocenters. The van der Waals surface area contributed by atoms with Gasteiger partial charge in [-0.05, 0) is 22.0 Å². The molecule has 0 unspecified atom stereocenters. The molecule has 0 aliphatic heterocycles. The minimum absolute atomic E-state index is 0.00794. The molecule has 2 aromatic rings. The van der Waals surface area contributed by atoms with E-state index in [1.54, 1.807) is 0 Å². The van der Waals surface area contributed by atoms with Gasteiger partial charge in [-0.3, -0.25) is 5.10 Å². The third kappa shape index (κ3) is 1.72. The Hall–Kier alpha value is -0.750. The first-order valence-corrected chi connectivity index (χ1v) is 4.96. The van der Waals surface area contributed by atoms with Crippen molar-refractivity contribution in [3.8, 4) is 0 Å². The molecule has 0 amide bonds. The van der Waals surface area contributed by atoms with Crippen LogP contribution in [0.25, 0.3) is 10.9 Å². The average Bonchev–Trinajstić information content (AvgIpc) is 2.57. The van der Waals surface area contributed by atoms with Crippen LogP contribution >= 0.6 is 27.5 Å². The molecule has 0 fully saturated rings. The minimum Gasteiger partial charge on any atom is -0.278 e. The summed E-state index contributed by atoms with van der Waals surface area (Å²) in [5, 5.41) is 6.54. The molecule has 2 rings (SSSR count). The Morgan fingerprint density at radius 3 is 2.67 bits per heavy atom. The molecule has 15 heavy (non-hydrogen) atoms. The maximum absolute atomic E-state index is 12.5. The zero-order valence-corrected chi connectivity index (χ0v) is 9.33. The van der Waals surface area contributed by atoms with Crippen molar-refractivity contribution in [3.63, 3.8) is 0 Å². The Morgan fingerprint density at radius 2 is 2.07 bits per heavy atom. The van der Waals surface area contributed by atoms with Crippen molar-refractivity contribution in [2.45, 2.75) is 6.18 Å². The first-order valence-electron chi connectivity index (χ1n) is 3.79. The summed E-state index contributed by atoms with van der Waals surface area (Å²) in [6.45, 7) is 0. The van der Waals surface area contributed by atoms with Gasteiger partial charge in [0.25, 0.3) is 0 Å². The van der Waals surface area contributed by atoms with Crippen molar-refractivity contribution < 1.29 is 13.2 Å². The van der Waals surface area contributed by atoms with Gasteiger partial charge in [-0.2, -0.15) is 18.3 Å². The van der Waals surface area contributed by atoms with Gasteiger partial charge in [-0.25, -0.2) is 0 Å². The lowest BCUT2D eigenvalue weighted by molar-refractivity contribution is -0.138. The van der Waals surface area contributed by atoms with Crippen LogP contribution in [0.2, 0.25) is 5.02 Å². The summed E-state index contributed by atoms with van der Waals surface area (Å²) >= 11 is 8.60. The van der Waals surface area contributed by atoms with E-state index in [4.69, 9.17) is 11.6 Å². The topological polar surface area (TPSA) is 28.7 Å². The summed E-state index contributed by atoms with van der Waals surface area (Å²) in [6.07, 6.45) is -3.07. The highest BCUT2D eigenvalue weighted by Crippen LogP contribution is 2.41. The smallest absolute Gasteiger partial charge is 0.278 e. The minimum atomic E-state index is -4.44. The fraction of sp³-hybridized carbons (Fsp3) is 0.125. The van der Waals surface area contributed by atoms with Crippen LogP contribution in [0.1, 0.15) is 5.56 Å². The number of hydrogen-bond donors (Lipinski definition) is 1. The third-order valence-electron chi connectivity index (χ3n) is 1.93. The van der Waals surface area contributed by atoms with Crippen molar-refractivity contribution in [3.05, 3.63) is 27.3 Å². The summed E-state index contributed by atoms with van der Waals surface area (Å²) in [7, 11) is 0. The Morgan fingerprint density at radius 1 is 1.40 bits per heavy atom. The van der Waals surface area contributed by atoms with Crippen LogP contribution < -0.4 is 0 Å². The molecular formula is C8H3BrClF3N2. The van der Waals surface area contributed by atoms with Crippen molar-refractivity contribution >= 4 is 38.4 Å². The molecule has 2 nitrogen and oxygen atoms in total. The van der Waals surface area contributed by atoms with Crippen molar-refractivity contribution in [2.24, 2.45) is 0 Å². The summed E-state index contributed by atoms with van der Waals surface area (Å²) in [5.41, 5.74) is -0.556. The second-order valence-corrected chi connectivity index (χ2v) is 4.05. The van der Waals surface area contributed by atoms with Gasteiger partial charge in [0.1, 0.15) is 0 Å². The zero-order valence-electron chi connectivity index (χ0n) is 6.99. The second-order valence-electron chi connectivity index (χ2n) is 2.88. The number of aromatic nitrogens is 2. The highest BCUT2D eigenvalue weighted by molar-refractivity contribution is 9.10. The molecule has 7 heteroatoms. The fourth-order valence-electron chi connectivity index (χ4n) is 1.23. The van der Waals surface area contributed by atoms with E-state index in [0.717, 1.165) is 6.07 Å². The maximum Gasteiger partial charge on any atom is 0.417 e. The first kappa shape index (κ1) is 10.8. The molecule has 1 aromatic heterocycles. The number of nitrogens with zero attached hydrogens (tertiary/aromatic N) is 1. The van der Waals surface area contributed by atoms with Crippen molar-refractivity contribution in [1.82, 2.24) is 10.2 Å². The lowest BCUT2D eigenvalue weighted by Gasteiger charge is -2.10. The van der Waals surface area contributed by atoms with E-state index < -0.39 is 11.7 Å². The number of aromatic amines is 1. The average molecular weight is 299 g/mol. The third-order valence-corrected chi connectivity index (χ3v) is 3.37. The Kier molecular flexibility index (Phi) is 2.42. The summed E-state index contributed by atoms with van der Waals surface area (Å²) in [6, 6.07) is 0.971. The molecule has 1 N–H and O–H groups in total. The zero-order chi connectivity index (χ0) is 11.2. The largest absolute Gasteiger partial charge is 0.417 e. The molecule has 1 heterocycles. The lowest BCUT2D eigenvalue weighted by Crippen LogP contribution is -2.06. The molecule has 1 aromatic carbocycles. The molecular weight excluding hydrogens is 296 g/mol. The van der Waals surface area contributed by atoms with Gasteiger partial charge in [-0.15, -0.1) is 0 Å². The van der Waals surface area contributed by atoms with E-state index in [2.05, 4.69) is 26.1 Å². The van der Waals surface area contributed by atoms with Crippen LogP contribution in [-0.4, -0.2) is 10.2 Å². The number of alkyl halides is 3. The van der Waals surface area contributed by atoms with Crippen LogP contribution in [0, 0.1) is 0 Å². The molecule has 0 saturated heterocycles. The Balaban J connectivity index is 2.82. The number of rotatable bonds is 0. The number of nitrogens with one attached hydrogen (secondary N) is 1. The lowest BCUT2D eigenvalue weighted by atomic mass is 10.1. The standard InChI is InChI=1S/C8H3BrClF3N2/c9-6-4(8(11,12)13)1-5-3(7(6)10)2-14-15-5/h1-2H,(H,14,15). The van der Waals surface area contributed by atoms with E-state index in [1.165, 1.54) is 6.20 Å². The highest BCUT2D eigenvalue weighted by Gasteiger charge is 2.34. The number of benzene rings is 1. The molecule has 0 radical (unpaired) electrons. The molecule has 0 spiro atoms. The molecule has 0 bridgehead atoms. The van der Waals surface area contributed by atoms with Gasteiger partial charge in [-0.1, -0.05) is 11.6 Å². The second kappa shape index (κ2) is 3.38. The highest BCUT2D eigenvalue weighted by atomic mass is 79.9. The number of hydrogen-bond acceptors (Lipinski definition) is 1. The Bertz CT molecular complexity index is 520. The van der Waals surface area contributed by atoms with Crippen LogP contribution in [0.5, 0.6) is 0 Å². The molecule has 0 saturated carbocycles. The first-order chi connectivity index (χ1) is 6.91. The predicted molar refractivity (Wildman–Crippen MR) is 53.8 cm³/mol. The van der Waals surface area contributed by atoms with Gasteiger partial charge >= 0.3 is 6.18 Å². The number of H-pyrrole nitrogens is 1. The quantitative estimate of drug-likeness (QED) is 0.782. The van der Waals surface area contributed by atoms with Gasteiger partial charge in [0, 0.05) is 9.86 Å². The summed E-state index contributed by atoms with van der Waals surface area (Å²) in [5.74, 6) is 0. The van der Waals surface area contributed by atoms with Gasteiger partial charge < -0.3 is 0 Å². The fourth-order valence-corrected chi connectivity index (χ4v) is 2.04. The summed E-state index contributed by atoms with van der Waals surface area (Å²) < 4.78 is 37.5. The van der Waals surface area contributed by atoms with E-state index in [1.807, 2.05) is 0 Å². The van der Waals surface area contributed by atoms with Gasteiger partial charge in [0.15, 0.2) is 0 Å². The van der Waals surface area contributed by atoms with Gasteiger partial charge in [0.2, 0.25) is 0 Å². The van der Waals surface area contributed by atoms with Crippen LogP contribution in [0.15, 0.2) is 16.7 Å². The predicted octanol–water partition coefficient (Wildman–Crippen LogP) is 4.00. The summed E-state index contributed by atoms with van der Waals surface area (Å²) in [4.78, 5) is 0.